The minimum absolute atomic E-state index is 0.0934. The van der Waals surface area contributed by atoms with Crippen LogP contribution in [0.5, 0.6) is 11.5 Å². The molecule has 0 saturated carbocycles. The molecule has 6 heteroatoms. The molecule has 1 rings (SSSR count). The molecule has 0 fully saturated rings. The highest BCUT2D eigenvalue weighted by atomic mass is 32.1. The van der Waals surface area contributed by atoms with Crippen LogP contribution in [0.15, 0.2) is 12.1 Å². The van der Waals surface area contributed by atoms with E-state index in [1.807, 2.05) is 6.92 Å². The number of nitrogens with one attached hydrogen (secondary N) is 2. The smallest absolute Gasteiger partial charge is 0.213 e. The van der Waals surface area contributed by atoms with Gasteiger partial charge in [-0.15, -0.1) is 0 Å². The Hall–Kier alpha value is -1.53. The van der Waals surface area contributed by atoms with Crippen LogP contribution in [0, 0.1) is 6.92 Å². The van der Waals surface area contributed by atoms with E-state index in [4.69, 9.17) is 12.2 Å². The van der Waals surface area contributed by atoms with E-state index >= 15 is 0 Å². The number of hydrogen-bond donors (Lipinski definition) is 5. The third-order valence-corrected chi connectivity index (χ3v) is 2.56. The van der Waals surface area contributed by atoms with Crippen LogP contribution in [-0.4, -0.2) is 21.9 Å². The average Bonchev–Trinajstić information content (AvgIpc) is 2.25. The van der Waals surface area contributed by atoms with Crippen molar-refractivity contribution in [1.29, 1.82) is 0 Å². The summed E-state index contributed by atoms with van der Waals surface area (Å²) in [6.07, 6.45) is 0.710. The predicted molar refractivity (Wildman–Crippen MR) is 64.8 cm³/mol. The molecule has 88 valence electrons. The summed E-state index contributed by atoms with van der Waals surface area (Å²) >= 11 is 4.88. The standard InChI is InChI=1S/C10H15N3O2S/c1-6-4-8(14)9(15)5-7(6)2-3-12-10(16)13-11/h4-5,14-15H,2-3,11H2,1H3,(H2,12,13,16)/p+1. The zero-order chi connectivity index (χ0) is 12.1. The largest absolute Gasteiger partial charge is 0.504 e. The number of hydrogen-bond acceptors (Lipinski definition) is 3. The van der Waals surface area contributed by atoms with Crippen LogP contribution >= 0.6 is 12.2 Å². The monoisotopic (exact) mass is 242 g/mol. The Morgan fingerprint density at radius 3 is 2.62 bits per heavy atom. The van der Waals surface area contributed by atoms with Gasteiger partial charge in [-0.1, -0.05) is 0 Å². The Bertz CT molecular complexity index is 396. The summed E-state index contributed by atoms with van der Waals surface area (Å²) in [5, 5.41) is 22.1. The van der Waals surface area contributed by atoms with E-state index < -0.39 is 0 Å². The SMILES string of the molecule is Cc1cc(O)c(O)cc1CCNC(=S)N[NH3+]. The van der Waals surface area contributed by atoms with Crippen molar-refractivity contribution in [3.05, 3.63) is 23.3 Å². The van der Waals surface area contributed by atoms with Gasteiger partial charge in [-0.3, -0.25) is 5.84 Å². The van der Waals surface area contributed by atoms with Crippen molar-refractivity contribution in [3.8, 4) is 11.5 Å². The van der Waals surface area contributed by atoms with Gasteiger partial charge in [0.15, 0.2) is 11.5 Å². The number of aryl methyl sites for hydroxylation is 1. The summed E-state index contributed by atoms with van der Waals surface area (Å²) in [5.41, 5.74) is 4.47. The lowest BCUT2D eigenvalue weighted by atomic mass is 10.0. The second kappa shape index (κ2) is 5.53. The van der Waals surface area contributed by atoms with Crippen molar-refractivity contribution >= 4 is 17.3 Å². The normalized spacial score (nSPS) is 9.88. The molecule has 0 atom stereocenters. The van der Waals surface area contributed by atoms with Gasteiger partial charge < -0.3 is 15.5 Å². The minimum Gasteiger partial charge on any atom is -0.504 e. The van der Waals surface area contributed by atoms with Gasteiger partial charge in [0.25, 0.3) is 0 Å². The number of aromatic hydroxyl groups is 2. The summed E-state index contributed by atoms with van der Waals surface area (Å²) in [7, 11) is 0. The van der Waals surface area contributed by atoms with Crippen molar-refractivity contribution in [2.24, 2.45) is 0 Å². The topological polar surface area (TPSA) is 92.2 Å². The lowest BCUT2D eigenvalue weighted by Gasteiger charge is -2.09. The predicted octanol–water partition coefficient (Wildman–Crippen LogP) is -0.430. The Morgan fingerprint density at radius 2 is 2.00 bits per heavy atom. The summed E-state index contributed by atoms with van der Waals surface area (Å²) in [6.45, 7) is 2.53. The first kappa shape index (κ1) is 12.5. The fourth-order valence-corrected chi connectivity index (χ4v) is 1.47. The number of rotatable bonds is 3. The molecular weight excluding hydrogens is 226 g/mol. The number of phenolic OH excluding ortho intramolecular Hbond substituents is 2. The van der Waals surface area contributed by atoms with Crippen molar-refractivity contribution in [2.45, 2.75) is 13.3 Å². The lowest BCUT2D eigenvalue weighted by Crippen LogP contribution is -2.69. The van der Waals surface area contributed by atoms with Crippen LogP contribution in [0.3, 0.4) is 0 Å². The van der Waals surface area contributed by atoms with E-state index in [0.717, 1.165) is 11.1 Å². The van der Waals surface area contributed by atoms with Gasteiger partial charge in [-0.05, 0) is 48.8 Å². The Morgan fingerprint density at radius 1 is 1.38 bits per heavy atom. The first-order valence-electron chi connectivity index (χ1n) is 4.87. The maximum Gasteiger partial charge on any atom is 0.213 e. The van der Waals surface area contributed by atoms with Gasteiger partial charge in [-0.25, -0.2) is 5.43 Å². The minimum atomic E-state index is -0.0986. The molecule has 0 radical (unpaired) electrons. The molecule has 16 heavy (non-hydrogen) atoms. The average molecular weight is 242 g/mol. The molecule has 1 aromatic rings. The third kappa shape index (κ3) is 3.25. The van der Waals surface area contributed by atoms with E-state index in [1.54, 1.807) is 12.1 Å². The first-order chi connectivity index (χ1) is 7.54. The highest BCUT2D eigenvalue weighted by molar-refractivity contribution is 7.80. The molecule has 0 heterocycles. The lowest BCUT2D eigenvalue weighted by molar-refractivity contribution is -0.419. The first-order valence-corrected chi connectivity index (χ1v) is 5.27. The summed E-state index contributed by atoms with van der Waals surface area (Å²) in [6, 6.07) is 3.11. The number of thiocarbonyl (C=S) groups is 1. The summed E-state index contributed by atoms with van der Waals surface area (Å²) in [5.74, 6) is 3.24. The van der Waals surface area contributed by atoms with Crippen LogP contribution in [-0.2, 0) is 6.42 Å². The molecule has 0 aromatic heterocycles. The number of phenols is 2. The van der Waals surface area contributed by atoms with E-state index in [2.05, 4.69) is 16.6 Å². The van der Waals surface area contributed by atoms with Crippen molar-refractivity contribution in [2.75, 3.05) is 6.54 Å². The molecule has 0 spiro atoms. The fourth-order valence-electron chi connectivity index (χ4n) is 1.37. The summed E-state index contributed by atoms with van der Waals surface area (Å²) < 4.78 is 0. The fraction of sp³-hybridized carbons (Fsp3) is 0.300. The van der Waals surface area contributed by atoms with Crippen LogP contribution in [0.4, 0.5) is 0 Å². The zero-order valence-corrected chi connectivity index (χ0v) is 9.90. The van der Waals surface area contributed by atoms with Gasteiger partial charge in [0.1, 0.15) is 0 Å². The van der Waals surface area contributed by atoms with E-state index in [0.29, 0.717) is 18.1 Å². The molecule has 0 aliphatic carbocycles. The Labute approximate surface area is 99.2 Å². The second-order valence-corrected chi connectivity index (χ2v) is 3.86. The Kier molecular flexibility index (Phi) is 4.33. The van der Waals surface area contributed by atoms with E-state index in [-0.39, 0.29) is 11.5 Å². The van der Waals surface area contributed by atoms with Crippen LogP contribution in [0.1, 0.15) is 11.1 Å². The third-order valence-electron chi connectivity index (χ3n) is 2.27. The second-order valence-electron chi connectivity index (χ2n) is 3.45. The van der Waals surface area contributed by atoms with Gasteiger partial charge >= 0.3 is 0 Å². The highest BCUT2D eigenvalue weighted by Crippen LogP contribution is 2.27. The van der Waals surface area contributed by atoms with Crippen LogP contribution in [0.25, 0.3) is 0 Å². The molecular formula is C10H16N3O2S+. The molecule has 0 aliphatic rings. The van der Waals surface area contributed by atoms with Crippen molar-refractivity contribution in [1.82, 2.24) is 10.7 Å². The maximum atomic E-state index is 9.36. The maximum absolute atomic E-state index is 9.36. The van der Waals surface area contributed by atoms with E-state index in [9.17, 15) is 10.2 Å². The van der Waals surface area contributed by atoms with Crippen molar-refractivity contribution in [3.63, 3.8) is 0 Å². The number of quaternary nitrogens is 1. The van der Waals surface area contributed by atoms with Gasteiger partial charge in [0.2, 0.25) is 5.11 Å². The number of benzene rings is 1. The van der Waals surface area contributed by atoms with Crippen LogP contribution < -0.4 is 16.6 Å². The molecule has 0 saturated heterocycles. The molecule has 5 nitrogen and oxygen atoms in total. The quantitative estimate of drug-likeness (QED) is 0.282. The van der Waals surface area contributed by atoms with Gasteiger partial charge in [-0.2, -0.15) is 0 Å². The summed E-state index contributed by atoms with van der Waals surface area (Å²) in [4.78, 5) is 0. The molecule has 0 aliphatic heterocycles. The van der Waals surface area contributed by atoms with E-state index in [1.165, 1.54) is 0 Å². The van der Waals surface area contributed by atoms with Crippen molar-refractivity contribution < 1.29 is 16.1 Å². The zero-order valence-electron chi connectivity index (χ0n) is 9.08. The Balaban J connectivity index is 2.60. The molecule has 7 N–H and O–H groups in total. The van der Waals surface area contributed by atoms with Gasteiger partial charge in [0.05, 0.1) is 0 Å². The van der Waals surface area contributed by atoms with Crippen LogP contribution in [0.2, 0.25) is 0 Å². The van der Waals surface area contributed by atoms with Gasteiger partial charge in [0, 0.05) is 6.54 Å². The molecule has 1 aromatic carbocycles. The highest BCUT2D eigenvalue weighted by Gasteiger charge is 2.05. The molecule has 0 amide bonds. The molecule has 0 unspecified atom stereocenters. The molecule has 0 bridgehead atoms.